The Kier molecular flexibility index (Phi) is 19.3. The minimum Gasteiger partial charge on any atom is -1.00 e. The molecule has 0 amide bonds. The van der Waals surface area contributed by atoms with Crippen molar-refractivity contribution in [3.8, 4) is 0 Å². The van der Waals surface area contributed by atoms with Crippen LogP contribution in [-0.2, 0) is 9.53 Å². The van der Waals surface area contributed by atoms with E-state index < -0.39 is 0 Å². The molecule has 0 aromatic rings. The summed E-state index contributed by atoms with van der Waals surface area (Å²) in [5, 5.41) is 0. The molecule has 0 saturated heterocycles. The molecule has 0 fully saturated rings. The fourth-order valence-electron chi connectivity index (χ4n) is 0.338. The van der Waals surface area contributed by atoms with E-state index in [1.807, 2.05) is 0 Å². The van der Waals surface area contributed by atoms with Crippen molar-refractivity contribution < 1.29 is 17.9 Å². The molecule has 0 aromatic heterocycles. The van der Waals surface area contributed by atoms with E-state index in [4.69, 9.17) is 0 Å². The van der Waals surface area contributed by atoms with E-state index in [2.05, 4.69) is 11.3 Å². The van der Waals surface area contributed by atoms with E-state index in [0.29, 0.717) is 13.0 Å². The maximum atomic E-state index is 10.3. The van der Waals surface area contributed by atoms with Crippen molar-refractivity contribution in [1.29, 1.82) is 0 Å². The van der Waals surface area contributed by atoms with Crippen LogP contribution >= 0.6 is 0 Å². The number of hydrogen-bond acceptors (Lipinski definition) is 2. The van der Waals surface area contributed by atoms with Gasteiger partial charge in [-0.3, -0.25) is 4.79 Å². The van der Waals surface area contributed by atoms with Crippen molar-refractivity contribution in [2.75, 3.05) is 6.61 Å². The van der Waals surface area contributed by atoms with E-state index >= 15 is 0 Å². The van der Waals surface area contributed by atoms with Crippen LogP contribution in [0.25, 0.3) is 0 Å². The van der Waals surface area contributed by atoms with Gasteiger partial charge in [0.2, 0.25) is 0 Å². The van der Waals surface area contributed by atoms with Crippen LogP contribution in [-0.4, -0.2) is 41.1 Å². The van der Waals surface area contributed by atoms with Gasteiger partial charge >= 0.3 is 29.0 Å². The molecule has 10 heavy (non-hydrogen) atoms. The number of carbonyl (C=O) groups is 1. The molecule has 2 N–H and O–H groups in total. The van der Waals surface area contributed by atoms with Crippen molar-refractivity contribution in [3.05, 3.63) is 12.7 Å². The van der Waals surface area contributed by atoms with Gasteiger partial charge in [-0.15, -0.1) is 6.58 Å². The number of hydrogen-bond donors (Lipinski definition) is 0. The monoisotopic (exact) mass is 158 g/mol. The molecule has 0 unspecified atom stereocenters. The molecule has 0 aliphatic carbocycles. The van der Waals surface area contributed by atoms with E-state index in [0.717, 1.165) is 0 Å². The Morgan fingerprint density at radius 3 is 2.60 bits per heavy atom. The summed E-state index contributed by atoms with van der Waals surface area (Å²) in [6.45, 7) is 5.61. The number of esters is 1. The van der Waals surface area contributed by atoms with Crippen LogP contribution in [0.1, 0.15) is 16.2 Å². The molecule has 0 aliphatic rings. The predicted molar refractivity (Wildman–Crippen MR) is 43.0 cm³/mol. The second kappa shape index (κ2) is 11.7. The fourth-order valence-corrected chi connectivity index (χ4v) is 0.338. The molecule has 0 aromatic carbocycles. The van der Waals surface area contributed by atoms with Crippen LogP contribution in [0.5, 0.6) is 0 Å². The van der Waals surface area contributed by atoms with Crippen LogP contribution in [0.4, 0.5) is 0 Å². The quantitative estimate of drug-likeness (QED) is 0.333. The summed E-state index contributed by atoms with van der Waals surface area (Å²) in [4.78, 5) is 10.3. The number of rotatable bonds is 3. The largest absolute Gasteiger partial charge is 2.00 e. The number of ether oxygens (including phenoxy) is 1. The van der Waals surface area contributed by atoms with Gasteiger partial charge in [0.1, 0.15) is 0 Å². The molecule has 4 heteroatoms. The predicted octanol–water partition coefficient (Wildman–Crippen LogP) is 0.145. The SMILES string of the molecule is C=CCC(=O)OCC.O.[H-].[H-].[Mg+2]. The smallest absolute Gasteiger partial charge is 1.00 e. The molecule has 3 nitrogen and oxygen atoms in total. The number of carbonyl (C=O) groups excluding carboxylic acids is 1. The third-order valence-electron chi connectivity index (χ3n) is 0.616. The van der Waals surface area contributed by atoms with Crippen LogP contribution in [0.15, 0.2) is 12.7 Å². The van der Waals surface area contributed by atoms with Gasteiger partial charge in [0.25, 0.3) is 0 Å². The van der Waals surface area contributed by atoms with Crippen molar-refractivity contribution >= 4 is 29.0 Å². The topological polar surface area (TPSA) is 57.8 Å². The molecule has 0 aliphatic heterocycles. The average molecular weight is 158 g/mol. The molecule has 0 rings (SSSR count). The summed E-state index contributed by atoms with van der Waals surface area (Å²) < 4.78 is 4.57. The molecule has 0 bridgehead atoms. The van der Waals surface area contributed by atoms with Crippen molar-refractivity contribution in [3.63, 3.8) is 0 Å². The van der Waals surface area contributed by atoms with Crippen LogP contribution in [0.2, 0.25) is 0 Å². The average Bonchev–Trinajstić information content (AvgIpc) is 1.68. The zero-order chi connectivity index (χ0) is 6.41. The van der Waals surface area contributed by atoms with E-state index in [1.54, 1.807) is 6.92 Å². The minimum absolute atomic E-state index is 0. The summed E-state index contributed by atoms with van der Waals surface area (Å²) in [6.07, 6.45) is 1.84. The summed E-state index contributed by atoms with van der Waals surface area (Å²) >= 11 is 0. The first-order valence-corrected chi connectivity index (χ1v) is 2.57. The van der Waals surface area contributed by atoms with E-state index in [9.17, 15) is 4.79 Å². The van der Waals surface area contributed by atoms with E-state index in [1.165, 1.54) is 6.08 Å². The standard InChI is InChI=1S/C6H10O2.Mg.H2O.2H/c1-3-5-6(7)8-4-2;;;;/h3H,1,4-5H2,2H3;;1H2;;/q;+2;;2*-1. The van der Waals surface area contributed by atoms with Gasteiger partial charge < -0.3 is 13.1 Å². The minimum atomic E-state index is -0.206. The van der Waals surface area contributed by atoms with Gasteiger partial charge in [0.15, 0.2) is 0 Å². The molecule has 0 spiro atoms. The molecule has 0 saturated carbocycles. The van der Waals surface area contributed by atoms with Gasteiger partial charge in [-0.1, -0.05) is 6.08 Å². The Morgan fingerprint density at radius 1 is 1.80 bits per heavy atom. The molecular weight excluding hydrogens is 144 g/mol. The first kappa shape index (κ1) is 16.5. The summed E-state index contributed by atoms with van der Waals surface area (Å²) in [5.41, 5.74) is 0. The Labute approximate surface area is 79.9 Å². The molecular formula is C6H14MgO3. The first-order valence-electron chi connectivity index (χ1n) is 2.57. The van der Waals surface area contributed by atoms with Crippen LogP contribution < -0.4 is 0 Å². The third kappa shape index (κ3) is 10.8. The molecule has 58 valence electrons. The Balaban J connectivity index is -0.0000000408. The maximum Gasteiger partial charge on any atom is 2.00 e. The first-order chi connectivity index (χ1) is 3.81. The summed E-state index contributed by atoms with van der Waals surface area (Å²) in [7, 11) is 0. The van der Waals surface area contributed by atoms with Crippen molar-refractivity contribution in [2.45, 2.75) is 13.3 Å². The molecule has 0 radical (unpaired) electrons. The Hall–Kier alpha value is -0.0638. The zero-order valence-corrected chi connectivity index (χ0v) is 7.64. The maximum absolute atomic E-state index is 10.3. The van der Waals surface area contributed by atoms with Gasteiger partial charge in [-0.05, 0) is 6.92 Å². The second-order valence-electron chi connectivity index (χ2n) is 1.30. The molecule has 0 heterocycles. The second-order valence-corrected chi connectivity index (χ2v) is 1.30. The van der Waals surface area contributed by atoms with Gasteiger partial charge in [-0.25, -0.2) is 0 Å². The van der Waals surface area contributed by atoms with Gasteiger partial charge in [0, 0.05) is 0 Å². The van der Waals surface area contributed by atoms with Crippen molar-refractivity contribution in [1.82, 2.24) is 0 Å². The van der Waals surface area contributed by atoms with Crippen LogP contribution in [0, 0.1) is 0 Å². The van der Waals surface area contributed by atoms with Crippen LogP contribution in [0.3, 0.4) is 0 Å². The zero-order valence-electron chi connectivity index (χ0n) is 8.22. The fraction of sp³-hybridized carbons (Fsp3) is 0.500. The van der Waals surface area contributed by atoms with Gasteiger partial charge in [0.05, 0.1) is 13.0 Å². The normalized spacial score (nSPS) is 6.50. The summed E-state index contributed by atoms with van der Waals surface area (Å²) in [6, 6.07) is 0. The summed E-state index contributed by atoms with van der Waals surface area (Å²) in [5.74, 6) is -0.206. The Morgan fingerprint density at radius 2 is 2.30 bits per heavy atom. The Bertz CT molecular complexity index is 101. The van der Waals surface area contributed by atoms with Gasteiger partial charge in [-0.2, -0.15) is 0 Å². The molecule has 0 atom stereocenters. The van der Waals surface area contributed by atoms with E-state index in [-0.39, 0.29) is 37.4 Å². The third-order valence-corrected chi connectivity index (χ3v) is 0.616. The van der Waals surface area contributed by atoms with Crippen molar-refractivity contribution in [2.24, 2.45) is 0 Å².